The quantitative estimate of drug-likeness (QED) is 0.704. The zero-order chi connectivity index (χ0) is 11.9. The molecule has 0 atom stereocenters. The molecule has 0 aliphatic rings. The Balaban J connectivity index is 3.55. The molecule has 80 valence electrons. The number of sulfonamides is 1. The minimum Gasteiger partial charge on any atom is -0.225 e. The van der Waals surface area contributed by atoms with Crippen molar-refractivity contribution >= 4 is 23.3 Å². The molecule has 0 saturated heterocycles. The van der Waals surface area contributed by atoms with Gasteiger partial charge in [-0.2, -0.15) is 13.2 Å². The highest BCUT2D eigenvalue weighted by molar-refractivity contribution is 7.89. The lowest BCUT2D eigenvalue weighted by atomic mass is 9.94. The van der Waals surface area contributed by atoms with Crippen molar-refractivity contribution in [2.45, 2.75) is 11.1 Å². The van der Waals surface area contributed by atoms with Gasteiger partial charge in [0, 0.05) is 0 Å². The first-order chi connectivity index (χ1) is 6.62. The van der Waals surface area contributed by atoms with E-state index in [2.05, 4.69) is 5.14 Å². The Hall–Kier alpha value is -1.02. The fourth-order valence-electron chi connectivity index (χ4n) is 1.02. The van der Waals surface area contributed by atoms with E-state index in [9.17, 15) is 21.6 Å². The third kappa shape index (κ3) is 2.72. The van der Waals surface area contributed by atoms with E-state index in [-0.39, 0.29) is 5.46 Å². The second-order valence-electron chi connectivity index (χ2n) is 2.80. The van der Waals surface area contributed by atoms with E-state index in [1.165, 1.54) is 0 Å². The van der Waals surface area contributed by atoms with E-state index >= 15 is 0 Å². The lowest BCUT2D eigenvalue weighted by Gasteiger charge is -2.11. The monoisotopic (exact) mass is 235 g/mol. The summed E-state index contributed by atoms with van der Waals surface area (Å²) < 4.78 is 58.8. The average molecular weight is 235 g/mol. The number of rotatable bonds is 1. The minimum atomic E-state index is -4.81. The number of hydrogen-bond donors (Lipinski definition) is 1. The van der Waals surface area contributed by atoms with Crippen molar-refractivity contribution in [1.29, 1.82) is 0 Å². The maximum atomic E-state index is 12.4. The van der Waals surface area contributed by atoms with E-state index in [0.29, 0.717) is 6.07 Å². The Morgan fingerprint density at radius 2 is 1.80 bits per heavy atom. The van der Waals surface area contributed by atoms with E-state index in [1.807, 2.05) is 0 Å². The van der Waals surface area contributed by atoms with Gasteiger partial charge in [-0.3, -0.25) is 0 Å². The summed E-state index contributed by atoms with van der Waals surface area (Å²) in [6, 6.07) is 2.29. The predicted octanol–water partition coefficient (Wildman–Crippen LogP) is 0.147. The molecule has 0 heterocycles. The van der Waals surface area contributed by atoms with Crippen LogP contribution >= 0.6 is 0 Å². The zero-order valence-electron chi connectivity index (χ0n) is 7.25. The Kier molecular flexibility index (Phi) is 2.84. The summed E-state index contributed by atoms with van der Waals surface area (Å²) in [7, 11) is 0.723. The average Bonchev–Trinajstić information content (AvgIpc) is 2.00. The molecule has 3 nitrogen and oxygen atoms in total. The maximum Gasteiger partial charge on any atom is 0.417 e. The van der Waals surface area contributed by atoms with Crippen LogP contribution in [0.15, 0.2) is 23.1 Å². The van der Waals surface area contributed by atoms with Gasteiger partial charge < -0.3 is 0 Å². The van der Waals surface area contributed by atoms with Crippen molar-refractivity contribution < 1.29 is 21.6 Å². The van der Waals surface area contributed by atoms with Gasteiger partial charge in [0.05, 0.1) is 10.5 Å². The molecule has 15 heavy (non-hydrogen) atoms. The number of halogens is 3. The highest BCUT2D eigenvalue weighted by atomic mass is 32.2. The Bertz CT molecular complexity index is 483. The standard InChI is InChI=1S/C7H5BF3NO2S/c8-4-1-2-6(15(12,13)14)5(3-4)7(9,10)11/h1-3H,(H2,12,13,14). The first kappa shape index (κ1) is 12.1. The molecule has 0 aliphatic carbocycles. The van der Waals surface area contributed by atoms with Crippen molar-refractivity contribution in [2.75, 3.05) is 0 Å². The number of nitrogens with two attached hydrogens (primary N) is 1. The maximum absolute atomic E-state index is 12.4. The van der Waals surface area contributed by atoms with Crippen LogP contribution in [0.3, 0.4) is 0 Å². The minimum absolute atomic E-state index is 0.185. The van der Waals surface area contributed by atoms with Gasteiger partial charge in [0.15, 0.2) is 0 Å². The smallest absolute Gasteiger partial charge is 0.225 e. The van der Waals surface area contributed by atoms with Gasteiger partial charge in [0.2, 0.25) is 10.0 Å². The van der Waals surface area contributed by atoms with E-state index < -0.39 is 26.7 Å². The van der Waals surface area contributed by atoms with Gasteiger partial charge in [-0.05, 0) is 6.07 Å². The molecule has 0 saturated carbocycles. The summed E-state index contributed by atoms with van der Waals surface area (Å²) in [5.74, 6) is 0. The first-order valence-electron chi connectivity index (χ1n) is 3.62. The second kappa shape index (κ2) is 3.53. The fourth-order valence-corrected chi connectivity index (χ4v) is 1.76. The lowest BCUT2D eigenvalue weighted by Crippen LogP contribution is -2.21. The van der Waals surface area contributed by atoms with Crippen LogP contribution in [0.1, 0.15) is 5.56 Å². The molecular weight excluding hydrogens is 230 g/mol. The third-order valence-corrected chi connectivity index (χ3v) is 2.58. The highest BCUT2D eigenvalue weighted by Gasteiger charge is 2.36. The first-order valence-corrected chi connectivity index (χ1v) is 5.16. The van der Waals surface area contributed by atoms with Gasteiger partial charge in [-0.25, -0.2) is 13.6 Å². The molecule has 0 aromatic heterocycles. The normalized spacial score (nSPS) is 12.8. The van der Waals surface area contributed by atoms with Crippen molar-refractivity contribution in [1.82, 2.24) is 0 Å². The predicted molar refractivity (Wildman–Crippen MR) is 48.2 cm³/mol. The molecular formula is C7H5BF3NO2S. The number of primary sulfonamides is 1. The van der Waals surface area contributed by atoms with Crippen LogP contribution in [-0.4, -0.2) is 16.3 Å². The molecule has 0 spiro atoms. The molecule has 0 unspecified atom stereocenters. The topological polar surface area (TPSA) is 60.2 Å². The Morgan fingerprint density at radius 3 is 2.20 bits per heavy atom. The molecule has 2 N–H and O–H groups in total. The van der Waals surface area contributed by atoms with Crippen LogP contribution in [0.25, 0.3) is 0 Å². The van der Waals surface area contributed by atoms with Crippen LogP contribution in [0.2, 0.25) is 0 Å². The van der Waals surface area contributed by atoms with E-state index in [1.54, 1.807) is 0 Å². The summed E-state index contributed by atoms with van der Waals surface area (Å²) in [6.45, 7) is 0. The fraction of sp³-hybridized carbons (Fsp3) is 0.143. The molecule has 1 rings (SSSR count). The van der Waals surface area contributed by atoms with Crippen LogP contribution in [0.4, 0.5) is 13.2 Å². The van der Waals surface area contributed by atoms with Gasteiger partial charge in [-0.15, -0.1) is 0 Å². The summed E-state index contributed by atoms with van der Waals surface area (Å²) in [5.41, 5.74) is -1.54. The summed E-state index contributed by atoms with van der Waals surface area (Å²) >= 11 is 0. The largest absolute Gasteiger partial charge is 0.417 e. The van der Waals surface area contributed by atoms with Crippen LogP contribution in [-0.2, 0) is 16.2 Å². The van der Waals surface area contributed by atoms with Crippen LogP contribution in [0, 0.1) is 0 Å². The highest BCUT2D eigenvalue weighted by Crippen LogP contribution is 2.32. The molecule has 0 amide bonds. The molecule has 1 aromatic carbocycles. The van der Waals surface area contributed by atoms with E-state index in [0.717, 1.165) is 12.1 Å². The van der Waals surface area contributed by atoms with Crippen LogP contribution in [0.5, 0.6) is 0 Å². The van der Waals surface area contributed by atoms with Gasteiger partial charge in [0.25, 0.3) is 0 Å². The molecule has 0 bridgehead atoms. The second-order valence-corrected chi connectivity index (χ2v) is 4.33. The Morgan fingerprint density at radius 1 is 1.27 bits per heavy atom. The Labute approximate surface area is 85.5 Å². The van der Waals surface area contributed by atoms with Gasteiger partial charge >= 0.3 is 6.18 Å². The van der Waals surface area contributed by atoms with Crippen molar-refractivity contribution in [3.05, 3.63) is 23.8 Å². The summed E-state index contributed by atoms with van der Waals surface area (Å²) in [4.78, 5) is -0.982. The molecule has 2 radical (unpaired) electrons. The van der Waals surface area contributed by atoms with Crippen molar-refractivity contribution in [2.24, 2.45) is 5.14 Å². The number of hydrogen-bond acceptors (Lipinski definition) is 2. The molecule has 1 aromatic rings. The van der Waals surface area contributed by atoms with Crippen LogP contribution < -0.4 is 10.6 Å². The zero-order valence-corrected chi connectivity index (χ0v) is 8.06. The number of alkyl halides is 3. The lowest BCUT2D eigenvalue weighted by molar-refractivity contribution is -0.139. The van der Waals surface area contributed by atoms with Gasteiger partial charge in [-0.1, -0.05) is 17.6 Å². The number of benzene rings is 1. The molecule has 0 fully saturated rings. The molecule has 8 heteroatoms. The van der Waals surface area contributed by atoms with Gasteiger partial charge in [0.1, 0.15) is 7.85 Å². The van der Waals surface area contributed by atoms with Crippen molar-refractivity contribution in [3.63, 3.8) is 0 Å². The summed E-state index contributed by atoms with van der Waals surface area (Å²) in [6.07, 6.45) is -4.81. The summed E-state index contributed by atoms with van der Waals surface area (Å²) in [5, 5.41) is 4.64. The van der Waals surface area contributed by atoms with E-state index in [4.69, 9.17) is 7.85 Å². The van der Waals surface area contributed by atoms with Crippen molar-refractivity contribution in [3.8, 4) is 0 Å². The third-order valence-electron chi connectivity index (χ3n) is 1.62. The molecule has 0 aliphatic heterocycles. The SMILES string of the molecule is [B]c1ccc(S(N)(=O)=O)c(C(F)(F)F)c1.